The number of hydrogen-bond donors (Lipinski definition) is 0. The third-order valence-electron chi connectivity index (χ3n) is 18.4. The summed E-state index contributed by atoms with van der Waals surface area (Å²) in [5.74, 6) is 0. The summed E-state index contributed by atoms with van der Waals surface area (Å²) < 4.78 is 0. The Morgan fingerprint density at radius 1 is 0.267 bits per heavy atom. The van der Waals surface area contributed by atoms with Crippen molar-refractivity contribution in [3.05, 3.63) is 282 Å². The lowest BCUT2D eigenvalue weighted by Gasteiger charge is -2.34. The van der Waals surface area contributed by atoms with Gasteiger partial charge in [0.25, 0.3) is 0 Å². The number of benzene rings is 13. The third-order valence-corrected chi connectivity index (χ3v) is 18.4. The first-order chi connectivity index (χ1) is 37.2. The van der Waals surface area contributed by atoms with Crippen molar-refractivity contribution in [2.45, 2.75) is 36.5 Å². The lowest BCUT2D eigenvalue weighted by Crippen LogP contribution is -2.26. The summed E-state index contributed by atoms with van der Waals surface area (Å²) in [6.07, 6.45) is 4.92. The average molecular weight is 952 g/mol. The Morgan fingerprint density at radius 3 is 1.37 bits per heavy atom. The minimum absolute atomic E-state index is 0.0617. The molecular weight excluding hydrogens is 903 g/mol. The van der Waals surface area contributed by atoms with Crippen molar-refractivity contribution in [1.29, 1.82) is 0 Å². The second-order valence-corrected chi connectivity index (χ2v) is 21.7. The molecule has 4 aliphatic rings. The van der Waals surface area contributed by atoms with E-state index in [0.717, 1.165) is 17.1 Å². The van der Waals surface area contributed by atoms with Gasteiger partial charge in [0.15, 0.2) is 0 Å². The second-order valence-electron chi connectivity index (χ2n) is 21.7. The van der Waals surface area contributed by atoms with Crippen molar-refractivity contribution in [2.24, 2.45) is 0 Å². The molecule has 0 aliphatic heterocycles. The molecule has 0 aromatic heterocycles. The molecule has 0 amide bonds. The van der Waals surface area contributed by atoms with Crippen LogP contribution in [-0.2, 0) is 10.8 Å². The van der Waals surface area contributed by atoms with E-state index >= 15 is 0 Å². The highest BCUT2D eigenvalue weighted by atomic mass is 15.1. The van der Waals surface area contributed by atoms with Crippen molar-refractivity contribution in [3.63, 3.8) is 0 Å². The van der Waals surface area contributed by atoms with Crippen LogP contribution in [0.2, 0.25) is 0 Å². The summed E-state index contributed by atoms with van der Waals surface area (Å²) in [5.41, 5.74) is 21.7. The predicted octanol–water partition coefficient (Wildman–Crippen LogP) is 19.8. The van der Waals surface area contributed by atoms with Crippen LogP contribution in [0.4, 0.5) is 17.1 Å². The summed E-state index contributed by atoms with van der Waals surface area (Å²) in [7, 11) is 0. The Bertz CT molecular complexity index is 4540. The minimum atomic E-state index is -0.526. The maximum atomic E-state index is 2.64. The summed E-state index contributed by atoms with van der Waals surface area (Å²) in [6, 6.07) is 95.6. The monoisotopic (exact) mass is 951 g/mol. The smallest absolute Gasteiger partial charge is 0.0726 e. The van der Waals surface area contributed by atoms with Crippen LogP contribution in [0.3, 0.4) is 0 Å². The zero-order chi connectivity index (χ0) is 49.0. The Hall–Kier alpha value is -9.04. The van der Waals surface area contributed by atoms with Gasteiger partial charge in [0, 0.05) is 22.4 Å². The molecule has 13 aromatic carbocycles. The zero-order valence-corrected chi connectivity index (χ0v) is 41.4. The van der Waals surface area contributed by atoms with Crippen LogP contribution in [0, 0.1) is 0 Å². The molecule has 0 heterocycles. The van der Waals surface area contributed by atoms with E-state index in [9.17, 15) is 0 Å². The van der Waals surface area contributed by atoms with Crippen LogP contribution in [0.1, 0.15) is 59.1 Å². The molecule has 0 saturated heterocycles. The van der Waals surface area contributed by atoms with Crippen molar-refractivity contribution >= 4 is 70.9 Å². The molecule has 0 atom stereocenters. The van der Waals surface area contributed by atoms with E-state index in [0.29, 0.717) is 0 Å². The Labute approximate surface area is 436 Å². The third kappa shape index (κ3) is 5.47. The number of hydrogen-bond acceptors (Lipinski definition) is 1. The Balaban J connectivity index is 1.02. The summed E-state index contributed by atoms with van der Waals surface area (Å²) >= 11 is 0. The van der Waals surface area contributed by atoms with E-state index in [1.807, 2.05) is 0 Å². The van der Waals surface area contributed by atoms with Crippen molar-refractivity contribution < 1.29 is 0 Å². The van der Waals surface area contributed by atoms with Crippen molar-refractivity contribution in [3.8, 4) is 44.5 Å². The van der Waals surface area contributed by atoms with E-state index in [1.54, 1.807) is 0 Å². The van der Waals surface area contributed by atoms with Crippen LogP contribution in [0.5, 0.6) is 0 Å². The molecular formula is C74H49N. The van der Waals surface area contributed by atoms with Gasteiger partial charge in [-0.05, 0) is 181 Å². The molecule has 2 spiro atoms. The molecule has 0 bridgehead atoms. The first-order valence-electron chi connectivity index (χ1n) is 26.9. The number of nitrogens with zero attached hydrogens (tertiary/aromatic N) is 1. The highest BCUT2D eigenvalue weighted by Gasteiger charge is 2.52. The molecule has 1 fully saturated rings. The van der Waals surface area contributed by atoms with Gasteiger partial charge in [-0.3, -0.25) is 0 Å². The van der Waals surface area contributed by atoms with E-state index in [4.69, 9.17) is 0 Å². The van der Waals surface area contributed by atoms with Crippen LogP contribution in [0.15, 0.2) is 249 Å². The first-order valence-corrected chi connectivity index (χ1v) is 26.9. The SMILES string of the molecule is c1ccc2c(c1)-c1cc(N(c3ccc4c5ccccc5c5ccccc5c4c3)c3cc4c(cc3-c3ccc5ccc6ccccc6c5c3)-c3ccccc3C43c4ccccc4-c4ccccc43)ccc1C21CCCC1. The van der Waals surface area contributed by atoms with Gasteiger partial charge < -0.3 is 4.90 Å². The van der Waals surface area contributed by atoms with Crippen LogP contribution >= 0.6 is 0 Å². The summed E-state index contributed by atoms with van der Waals surface area (Å²) in [4.78, 5) is 2.64. The topological polar surface area (TPSA) is 3.24 Å². The van der Waals surface area contributed by atoms with E-state index < -0.39 is 5.41 Å². The zero-order valence-electron chi connectivity index (χ0n) is 41.4. The fourth-order valence-corrected chi connectivity index (χ4v) is 15.3. The molecule has 0 radical (unpaired) electrons. The lowest BCUT2D eigenvalue weighted by molar-refractivity contribution is 0.550. The van der Waals surface area contributed by atoms with Gasteiger partial charge in [0.1, 0.15) is 0 Å². The minimum Gasteiger partial charge on any atom is -0.310 e. The van der Waals surface area contributed by atoms with E-state index in [1.165, 1.54) is 157 Å². The largest absolute Gasteiger partial charge is 0.310 e. The second kappa shape index (κ2) is 15.3. The average Bonchev–Trinajstić information content (AvgIpc) is 4.38. The Kier molecular flexibility index (Phi) is 8.43. The predicted molar refractivity (Wildman–Crippen MR) is 315 cm³/mol. The van der Waals surface area contributed by atoms with E-state index in [2.05, 4.69) is 254 Å². The molecule has 0 N–H and O–H groups in total. The molecule has 4 aliphatic carbocycles. The molecule has 1 saturated carbocycles. The summed E-state index contributed by atoms with van der Waals surface area (Å²) in [6.45, 7) is 0. The lowest BCUT2D eigenvalue weighted by atomic mass is 9.70. The molecule has 1 heteroatoms. The van der Waals surface area contributed by atoms with Gasteiger partial charge in [-0.15, -0.1) is 0 Å². The van der Waals surface area contributed by atoms with Crippen molar-refractivity contribution in [2.75, 3.05) is 4.90 Å². The Morgan fingerprint density at radius 2 is 0.720 bits per heavy atom. The highest BCUT2D eigenvalue weighted by Crippen LogP contribution is 2.65. The fourth-order valence-electron chi connectivity index (χ4n) is 15.3. The first kappa shape index (κ1) is 41.4. The van der Waals surface area contributed by atoms with Crippen LogP contribution in [-0.4, -0.2) is 0 Å². The van der Waals surface area contributed by atoms with Crippen LogP contribution < -0.4 is 4.90 Å². The fraction of sp³-hybridized carbons (Fsp3) is 0.0811. The van der Waals surface area contributed by atoms with Gasteiger partial charge >= 0.3 is 0 Å². The van der Waals surface area contributed by atoms with Gasteiger partial charge in [-0.1, -0.05) is 219 Å². The molecule has 13 aromatic rings. The quantitative estimate of drug-likeness (QED) is 0.159. The number of anilines is 3. The van der Waals surface area contributed by atoms with Gasteiger partial charge in [-0.2, -0.15) is 0 Å². The van der Waals surface area contributed by atoms with Gasteiger partial charge in [0.05, 0.1) is 11.1 Å². The maximum Gasteiger partial charge on any atom is 0.0726 e. The van der Waals surface area contributed by atoms with Crippen molar-refractivity contribution in [1.82, 2.24) is 0 Å². The standard InChI is InChI=1S/C74H49N/c1-2-18-51-46(17-1)31-32-47-33-34-48(41-61(47)51)62-44-65-60-26-10-14-30-70(60)74(68-28-12-8-23-57(68)58-24-9-13-29-69(58)74)71(65)45-72(62)75(50-36-38-67-64(43-50)59-25-7-11-27-66(59)73(67)39-15-16-40-73)49-35-37-56-54-21-4-3-19-52(54)53-20-5-6-22-55(53)63(56)42-49/h1-14,17-38,41-45H,15-16,39-40H2. The maximum absolute atomic E-state index is 2.64. The molecule has 350 valence electrons. The molecule has 75 heavy (non-hydrogen) atoms. The highest BCUT2D eigenvalue weighted by molar-refractivity contribution is 6.26. The summed E-state index contributed by atoms with van der Waals surface area (Å²) in [5, 5.41) is 12.7. The molecule has 17 rings (SSSR count). The molecule has 1 nitrogen and oxygen atoms in total. The number of fused-ring (bicyclic) bond motifs is 24. The number of rotatable bonds is 4. The normalized spacial score (nSPS) is 14.9. The van der Waals surface area contributed by atoms with Gasteiger partial charge in [-0.25, -0.2) is 0 Å². The van der Waals surface area contributed by atoms with Gasteiger partial charge in [0.2, 0.25) is 0 Å². The molecule has 0 unspecified atom stereocenters. The van der Waals surface area contributed by atoms with E-state index in [-0.39, 0.29) is 5.41 Å². The van der Waals surface area contributed by atoms with Crippen LogP contribution in [0.25, 0.3) is 98.4 Å².